The van der Waals surface area contributed by atoms with Crippen molar-refractivity contribution in [2.24, 2.45) is 11.8 Å². The molecule has 2 aromatic rings. The molecule has 128 valence electrons. The summed E-state index contributed by atoms with van der Waals surface area (Å²) in [6.07, 6.45) is 6.63. The molecule has 25 heavy (non-hydrogen) atoms. The van der Waals surface area contributed by atoms with E-state index < -0.39 is 5.97 Å². The predicted octanol–water partition coefficient (Wildman–Crippen LogP) is 3.52. The lowest BCUT2D eigenvalue weighted by Gasteiger charge is -2.48. The fraction of sp³-hybridized carbons (Fsp3) is 0.350. The number of para-hydroxylation sites is 1. The molecule has 0 aliphatic carbocycles. The molecule has 2 N–H and O–H groups in total. The van der Waals surface area contributed by atoms with Crippen molar-refractivity contribution >= 4 is 22.9 Å². The smallest absolute Gasteiger partial charge is 0.334 e. The van der Waals surface area contributed by atoms with Crippen LogP contribution < -0.4 is 0 Å². The Hall–Kier alpha value is -2.69. The van der Waals surface area contributed by atoms with Crippen LogP contribution in [0.3, 0.4) is 0 Å². The Kier molecular flexibility index (Phi) is 3.02. The van der Waals surface area contributed by atoms with E-state index in [1.54, 1.807) is 0 Å². The number of H-pyrrole nitrogens is 1. The molecule has 5 heteroatoms. The lowest BCUT2D eigenvalue weighted by atomic mass is 9.73. The lowest BCUT2D eigenvalue weighted by Crippen LogP contribution is -2.48. The molecule has 1 saturated heterocycles. The van der Waals surface area contributed by atoms with E-state index in [-0.39, 0.29) is 24.0 Å². The minimum Gasteiger partial charge on any atom is -0.497 e. The largest absolute Gasteiger partial charge is 0.497 e. The molecule has 1 aromatic heterocycles. The van der Waals surface area contributed by atoms with Gasteiger partial charge in [-0.2, -0.15) is 0 Å². The van der Waals surface area contributed by atoms with Crippen molar-refractivity contribution in [3.63, 3.8) is 0 Å². The van der Waals surface area contributed by atoms with E-state index in [4.69, 9.17) is 4.74 Å². The zero-order valence-electron chi connectivity index (χ0n) is 14.0. The second-order valence-electron chi connectivity index (χ2n) is 7.25. The van der Waals surface area contributed by atoms with Crippen molar-refractivity contribution in [2.45, 2.75) is 25.5 Å². The summed E-state index contributed by atoms with van der Waals surface area (Å²) in [7, 11) is 0. The van der Waals surface area contributed by atoms with Gasteiger partial charge in [0.1, 0.15) is 6.10 Å². The summed E-state index contributed by atoms with van der Waals surface area (Å²) >= 11 is 0. The van der Waals surface area contributed by atoms with E-state index in [0.717, 1.165) is 18.5 Å². The van der Waals surface area contributed by atoms with Gasteiger partial charge in [0, 0.05) is 46.7 Å². The highest BCUT2D eigenvalue weighted by molar-refractivity contribution is 5.91. The maximum Gasteiger partial charge on any atom is 0.334 e. The number of ether oxygens (including phenoxy) is 1. The molecule has 0 amide bonds. The Morgan fingerprint density at radius 3 is 3.04 bits per heavy atom. The first kappa shape index (κ1) is 14.6. The second-order valence-corrected chi connectivity index (χ2v) is 7.25. The number of benzene rings is 1. The molecule has 4 heterocycles. The van der Waals surface area contributed by atoms with E-state index in [2.05, 4.69) is 40.4 Å². The van der Waals surface area contributed by atoms with Crippen LogP contribution in [0.5, 0.6) is 0 Å². The molecular weight excluding hydrogens is 316 g/mol. The number of carboxylic acids is 1. The van der Waals surface area contributed by atoms with Crippen molar-refractivity contribution < 1.29 is 14.6 Å². The SMILES string of the molecule is C[C@@H]1OC=C(C(=O)O)[C@H]2CC3c4[nH]c5ccccc5c4C=CN3C[C@H]12. The van der Waals surface area contributed by atoms with Crippen LogP contribution in [0, 0.1) is 11.8 Å². The number of aromatic amines is 1. The number of hydrogen-bond acceptors (Lipinski definition) is 3. The first-order valence-corrected chi connectivity index (χ1v) is 8.77. The minimum absolute atomic E-state index is 0.0215. The van der Waals surface area contributed by atoms with Gasteiger partial charge in [-0.25, -0.2) is 4.79 Å². The third-order valence-corrected chi connectivity index (χ3v) is 6.02. The Bertz CT molecular complexity index is 926. The number of aliphatic carboxylic acids is 1. The maximum absolute atomic E-state index is 11.7. The summed E-state index contributed by atoms with van der Waals surface area (Å²) in [6.45, 7) is 2.85. The number of nitrogens with one attached hydrogen (secondary N) is 1. The van der Waals surface area contributed by atoms with E-state index >= 15 is 0 Å². The molecule has 3 aliphatic rings. The van der Waals surface area contributed by atoms with Gasteiger partial charge in [-0.1, -0.05) is 18.2 Å². The summed E-state index contributed by atoms with van der Waals surface area (Å²) in [6, 6.07) is 8.50. The number of aromatic nitrogens is 1. The normalized spacial score (nSPS) is 30.1. The highest BCUT2D eigenvalue weighted by atomic mass is 16.5. The average Bonchev–Trinajstić information content (AvgIpc) is 3.00. The third-order valence-electron chi connectivity index (χ3n) is 6.02. The van der Waals surface area contributed by atoms with Crippen molar-refractivity contribution in [3.8, 4) is 0 Å². The Balaban J connectivity index is 1.59. The molecule has 1 fully saturated rings. The number of piperidine rings is 1. The zero-order chi connectivity index (χ0) is 17.1. The van der Waals surface area contributed by atoms with Crippen molar-refractivity contribution in [1.29, 1.82) is 0 Å². The minimum atomic E-state index is -0.862. The van der Waals surface area contributed by atoms with Crippen LogP contribution in [0.2, 0.25) is 0 Å². The molecule has 5 rings (SSSR count). The number of carbonyl (C=O) groups is 1. The molecule has 0 radical (unpaired) electrons. The number of rotatable bonds is 1. The number of fused-ring (bicyclic) bond motifs is 6. The predicted molar refractivity (Wildman–Crippen MR) is 94.6 cm³/mol. The van der Waals surface area contributed by atoms with Crippen LogP contribution in [0.1, 0.15) is 30.6 Å². The molecule has 5 nitrogen and oxygen atoms in total. The van der Waals surface area contributed by atoms with Gasteiger partial charge in [-0.3, -0.25) is 0 Å². The number of nitrogens with zero attached hydrogens (tertiary/aromatic N) is 1. The van der Waals surface area contributed by atoms with Gasteiger partial charge < -0.3 is 19.7 Å². The molecule has 0 saturated carbocycles. The fourth-order valence-electron chi connectivity index (χ4n) is 4.71. The third kappa shape index (κ3) is 2.05. The van der Waals surface area contributed by atoms with Crippen LogP contribution in [0.4, 0.5) is 0 Å². The van der Waals surface area contributed by atoms with Gasteiger partial charge in [0.25, 0.3) is 0 Å². The first-order chi connectivity index (χ1) is 12.1. The molecule has 3 aliphatic heterocycles. The molecule has 1 unspecified atom stereocenters. The summed E-state index contributed by atoms with van der Waals surface area (Å²) in [5.74, 6) is -0.644. The molecule has 0 bridgehead atoms. The van der Waals surface area contributed by atoms with Gasteiger partial charge in [0.2, 0.25) is 0 Å². The van der Waals surface area contributed by atoms with E-state index in [0.29, 0.717) is 5.57 Å². The Labute approximate surface area is 145 Å². The van der Waals surface area contributed by atoms with E-state index in [1.807, 2.05) is 13.0 Å². The zero-order valence-corrected chi connectivity index (χ0v) is 14.0. The van der Waals surface area contributed by atoms with E-state index in [9.17, 15) is 9.90 Å². The number of carboxylic acid groups (broad SMARTS) is 1. The number of hydrogen-bond donors (Lipinski definition) is 2. The standard InChI is InChI=1S/C20H20N2O3/c1-11-15-9-22-7-6-13-12-4-2-3-5-17(12)21-19(13)18(22)8-14(15)16(10-25-11)20(23)24/h2-7,10-11,14-15,18,21H,8-9H2,1H3,(H,23,24)/t11-,14-,15+,18?/m0/s1. The summed E-state index contributed by atoms with van der Waals surface area (Å²) in [4.78, 5) is 17.6. The monoisotopic (exact) mass is 336 g/mol. The van der Waals surface area contributed by atoms with Crippen molar-refractivity contribution in [1.82, 2.24) is 9.88 Å². The van der Waals surface area contributed by atoms with Crippen molar-refractivity contribution in [3.05, 3.63) is 53.6 Å². The Morgan fingerprint density at radius 2 is 2.20 bits per heavy atom. The lowest BCUT2D eigenvalue weighted by molar-refractivity contribution is -0.135. The van der Waals surface area contributed by atoms with Gasteiger partial charge in [-0.05, 0) is 25.5 Å². The van der Waals surface area contributed by atoms with Gasteiger partial charge in [0.15, 0.2) is 0 Å². The van der Waals surface area contributed by atoms with Crippen LogP contribution in [0.25, 0.3) is 17.0 Å². The van der Waals surface area contributed by atoms with E-state index in [1.165, 1.54) is 22.9 Å². The van der Waals surface area contributed by atoms with Gasteiger partial charge in [0.05, 0.1) is 17.9 Å². The maximum atomic E-state index is 11.7. The molecule has 4 atom stereocenters. The van der Waals surface area contributed by atoms with Crippen LogP contribution in [-0.2, 0) is 9.53 Å². The fourth-order valence-corrected chi connectivity index (χ4v) is 4.71. The van der Waals surface area contributed by atoms with Crippen LogP contribution in [-0.4, -0.2) is 33.6 Å². The highest BCUT2D eigenvalue weighted by Crippen LogP contribution is 2.47. The topological polar surface area (TPSA) is 65.6 Å². The summed E-state index contributed by atoms with van der Waals surface area (Å²) < 4.78 is 5.62. The highest BCUT2D eigenvalue weighted by Gasteiger charge is 2.45. The van der Waals surface area contributed by atoms with Crippen molar-refractivity contribution in [2.75, 3.05) is 6.54 Å². The van der Waals surface area contributed by atoms with Gasteiger partial charge in [-0.15, -0.1) is 0 Å². The molecule has 0 spiro atoms. The molecular formula is C20H20N2O3. The van der Waals surface area contributed by atoms with Gasteiger partial charge >= 0.3 is 5.97 Å². The summed E-state index contributed by atoms with van der Waals surface area (Å²) in [5.41, 5.74) is 3.98. The van der Waals surface area contributed by atoms with Crippen LogP contribution >= 0.6 is 0 Å². The van der Waals surface area contributed by atoms with Crippen LogP contribution in [0.15, 0.2) is 42.3 Å². The quantitative estimate of drug-likeness (QED) is 0.836. The Morgan fingerprint density at radius 1 is 1.36 bits per heavy atom. The first-order valence-electron chi connectivity index (χ1n) is 8.77. The molecule has 1 aromatic carbocycles. The average molecular weight is 336 g/mol. The second kappa shape index (κ2) is 5.15. The summed E-state index contributed by atoms with van der Waals surface area (Å²) in [5, 5.41) is 10.8.